The van der Waals surface area contributed by atoms with Crippen molar-refractivity contribution in [3.63, 3.8) is 0 Å². The Morgan fingerprint density at radius 3 is 2.67 bits per heavy atom. The number of thioether (sulfide) groups is 1. The van der Waals surface area contributed by atoms with Crippen molar-refractivity contribution < 1.29 is 14.3 Å². The number of carbonyl (C=O) groups excluding carboxylic acids is 2. The molecule has 1 heterocycles. The van der Waals surface area contributed by atoms with Gasteiger partial charge in [0.05, 0.1) is 17.4 Å². The second-order valence-corrected chi connectivity index (χ2v) is 4.93. The van der Waals surface area contributed by atoms with E-state index < -0.39 is 5.97 Å². The van der Waals surface area contributed by atoms with Crippen LogP contribution in [-0.4, -0.2) is 29.1 Å². The second kappa shape index (κ2) is 7.16. The van der Waals surface area contributed by atoms with E-state index in [1.54, 1.807) is 6.92 Å². The number of ether oxygens (including phenoxy) is 1. The topological polar surface area (TPSA) is 56.3 Å². The number of rotatable bonds is 6. The lowest BCUT2D eigenvalue weighted by atomic mass is 10.3. The number of esters is 1. The maximum absolute atomic E-state index is 11.5. The summed E-state index contributed by atoms with van der Waals surface area (Å²) >= 11 is 1.35. The molecule has 0 bridgehead atoms. The number of aromatic nitrogens is 1. The molecule has 1 rings (SSSR count). The third-order valence-electron chi connectivity index (χ3n) is 2.10. The van der Waals surface area contributed by atoms with Crippen molar-refractivity contribution in [3.05, 3.63) is 23.4 Å². The monoisotopic (exact) mass is 267 g/mol. The first-order chi connectivity index (χ1) is 8.51. The van der Waals surface area contributed by atoms with Crippen LogP contribution in [-0.2, 0) is 14.3 Å². The van der Waals surface area contributed by atoms with E-state index in [4.69, 9.17) is 4.74 Å². The Hall–Kier alpha value is -1.36. The summed E-state index contributed by atoms with van der Waals surface area (Å²) in [5, 5.41) is 0.810. The van der Waals surface area contributed by atoms with Gasteiger partial charge in [0.2, 0.25) is 0 Å². The highest BCUT2D eigenvalue weighted by Gasteiger charge is 2.11. The van der Waals surface area contributed by atoms with E-state index in [-0.39, 0.29) is 18.0 Å². The summed E-state index contributed by atoms with van der Waals surface area (Å²) in [6.07, 6.45) is -0.161. The number of hydrogen-bond acceptors (Lipinski definition) is 5. The Morgan fingerprint density at radius 2 is 2.06 bits per heavy atom. The largest absolute Gasteiger partial charge is 0.466 e. The molecule has 18 heavy (non-hydrogen) atoms. The molecule has 0 saturated carbocycles. The van der Waals surface area contributed by atoms with Crippen molar-refractivity contribution in [2.75, 3.05) is 12.4 Å². The Balaban J connectivity index is 2.45. The standard InChI is InChI=1S/C13H17NO3S/c1-4-17-13(16)7-11(15)8-18-12-6-9(2)5-10(3)14-12/h5-6H,4,7-8H2,1-3H3. The normalized spacial score (nSPS) is 10.2. The van der Waals surface area contributed by atoms with Gasteiger partial charge in [-0.05, 0) is 38.5 Å². The van der Waals surface area contributed by atoms with E-state index in [0.29, 0.717) is 6.61 Å². The molecule has 0 aromatic carbocycles. The van der Waals surface area contributed by atoms with Crippen molar-refractivity contribution in [2.24, 2.45) is 0 Å². The number of pyridine rings is 1. The number of carbonyl (C=O) groups is 2. The third-order valence-corrected chi connectivity index (χ3v) is 3.07. The lowest BCUT2D eigenvalue weighted by Crippen LogP contribution is -2.12. The van der Waals surface area contributed by atoms with Gasteiger partial charge in [0.25, 0.3) is 0 Å². The smallest absolute Gasteiger partial charge is 0.313 e. The average molecular weight is 267 g/mol. The number of nitrogens with zero attached hydrogens (tertiary/aromatic N) is 1. The van der Waals surface area contributed by atoms with Gasteiger partial charge in [-0.25, -0.2) is 4.98 Å². The Bertz CT molecular complexity index is 426. The fourth-order valence-corrected chi connectivity index (χ4v) is 2.35. The lowest BCUT2D eigenvalue weighted by Gasteiger charge is -2.03. The second-order valence-electron chi connectivity index (χ2n) is 3.93. The first kappa shape index (κ1) is 14.7. The molecule has 0 aliphatic rings. The van der Waals surface area contributed by atoms with E-state index >= 15 is 0 Å². The number of ketones is 1. The summed E-state index contributed by atoms with van der Waals surface area (Å²) in [5.74, 6) is -0.356. The molecular formula is C13H17NO3S. The summed E-state index contributed by atoms with van der Waals surface area (Å²) in [6, 6.07) is 3.90. The van der Waals surface area contributed by atoms with Crippen LogP contribution in [0.2, 0.25) is 0 Å². The number of aryl methyl sites for hydroxylation is 2. The minimum atomic E-state index is -0.462. The molecule has 0 spiro atoms. The van der Waals surface area contributed by atoms with E-state index in [0.717, 1.165) is 16.3 Å². The number of hydrogen-bond donors (Lipinski definition) is 0. The molecule has 0 amide bonds. The van der Waals surface area contributed by atoms with Crippen LogP contribution in [0.4, 0.5) is 0 Å². The van der Waals surface area contributed by atoms with Crippen LogP contribution >= 0.6 is 11.8 Å². The van der Waals surface area contributed by atoms with Gasteiger partial charge in [-0.2, -0.15) is 0 Å². The molecule has 0 fully saturated rings. The van der Waals surface area contributed by atoms with Crippen molar-refractivity contribution >= 4 is 23.5 Å². The molecular weight excluding hydrogens is 250 g/mol. The van der Waals surface area contributed by atoms with Gasteiger partial charge in [-0.1, -0.05) is 11.8 Å². The van der Waals surface area contributed by atoms with Crippen LogP contribution in [0.3, 0.4) is 0 Å². The van der Waals surface area contributed by atoms with Crippen molar-refractivity contribution in [2.45, 2.75) is 32.2 Å². The van der Waals surface area contributed by atoms with E-state index in [2.05, 4.69) is 4.98 Å². The molecule has 0 aliphatic carbocycles. The van der Waals surface area contributed by atoms with Crippen LogP contribution in [0.5, 0.6) is 0 Å². The summed E-state index contributed by atoms with van der Waals surface area (Å²) < 4.78 is 4.72. The summed E-state index contributed by atoms with van der Waals surface area (Å²) in [5.41, 5.74) is 2.04. The zero-order valence-corrected chi connectivity index (χ0v) is 11.7. The molecule has 0 N–H and O–H groups in total. The summed E-state index contributed by atoms with van der Waals surface area (Å²) in [6.45, 7) is 5.92. The highest BCUT2D eigenvalue weighted by Crippen LogP contribution is 2.18. The average Bonchev–Trinajstić information content (AvgIpc) is 2.25. The van der Waals surface area contributed by atoms with Crippen LogP contribution in [0, 0.1) is 13.8 Å². The van der Waals surface area contributed by atoms with Crippen LogP contribution in [0.15, 0.2) is 17.2 Å². The van der Waals surface area contributed by atoms with Gasteiger partial charge in [0.15, 0.2) is 5.78 Å². The van der Waals surface area contributed by atoms with E-state index in [9.17, 15) is 9.59 Å². The molecule has 0 unspecified atom stereocenters. The molecule has 0 aliphatic heterocycles. The maximum Gasteiger partial charge on any atom is 0.313 e. The molecule has 0 radical (unpaired) electrons. The van der Waals surface area contributed by atoms with Crippen molar-refractivity contribution in [3.8, 4) is 0 Å². The molecule has 0 saturated heterocycles. The van der Waals surface area contributed by atoms with Gasteiger partial charge in [-0.15, -0.1) is 0 Å². The maximum atomic E-state index is 11.5. The summed E-state index contributed by atoms with van der Waals surface area (Å²) in [4.78, 5) is 26.9. The highest BCUT2D eigenvalue weighted by molar-refractivity contribution is 7.99. The minimum absolute atomic E-state index is 0.139. The fourth-order valence-electron chi connectivity index (χ4n) is 1.46. The van der Waals surface area contributed by atoms with E-state index in [1.807, 2.05) is 26.0 Å². The Morgan fingerprint density at radius 1 is 1.33 bits per heavy atom. The predicted molar refractivity (Wildman–Crippen MR) is 70.7 cm³/mol. The summed E-state index contributed by atoms with van der Waals surface area (Å²) in [7, 11) is 0. The third kappa shape index (κ3) is 5.31. The van der Waals surface area contributed by atoms with Gasteiger partial charge in [-0.3, -0.25) is 9.59 Å². The quantitative estimate of drug-likeness (QED) is 0.450. The van der Waals surface area contributed by atoms with Crippen LogP contribution < -0.4 is 0 Å². The lowest BCUT2D eigenvalue weighted by molar-refractivity contribution is -0.145. The first-order valence-corrected chi connectivity index (χ1v) is 6.75. The molecule has 4 nitrogen and oxygen atoms in total. The zero-order valence-electron chi connectivity index (χ0n) is 10.9. The number of Topliss-reactive ketones (excluding diaryl/α,β-unsaturated/α-hetero) is 1. The van der Waals surface area contributed by atoms with Gasteiger partial charge in [0.1, 0.15) is 6.42 Å². The molecule has 5 heteroatoms. The molecule has 1 aromatic rings. The van der Waals surface area contributed by atoms with Crippen LogP contribution in [0.1, 0.15) is 24.6 Å². The molecule has 98 valence electrons. The molecule has 1 aromatic heterocycles. The Labute approximate surface area is 111 Å². The molecule has 0 atom stereocenters. The SMILES string of the molecule is CCOC(=O)CC(=O)CSc1cc(C)cc(C)n1. The van der Waals surface area contributed by atoms with Gasteiger partial charge in [0, 0.05) is 5.69 Å². The van der Waals surface area contributed by atoms with Crippen molar-refractivity contribution in [1.82, 2.24) is 4.98 Å². The fraction of sp³-hybridized carbons (Fsp3) is 0.462. The van der Waals surface area contributed by atoms with Gasteiger partial charge >= 0.3 is 5.97 Å². The van der Waals surface area contributed by atoms with Crippen molar-refractivity contribution in [1.29, 1.82) is 0 Å². The Kier molecular flexibility index (Phi) is 5.85. The van der Waals surface area contributed by atoms with E-state index in [1.165, 1.54) is 11.8 Å². The first-order valence-electron chi connectivity index (χ1n) is 5.76. The van der Waals surface area contributed by atoms with Crippen LogP contribution in [0.25, 0.3) is 0 Å². The minimum Gasteiger partial charge on any atom is -0.466 e. The highest BCUT2D eigenvalue weighted by atomic mass is 32.2. The van der Waals surface area contributed by atoms with Gasteiger partial charge < -0.3 is 4.74 Å². The zero-order chi connectivity index (χ0) is 13.5. The predicted octanol–water partition coefficient (Wildman–Crippen LogP) is 2.31.